The van der Waals surface area contributed by atoms with Crippen LogP contribution < -0.4 is 5.32 Å². The number of aliphatic hydroxyl groups is 1. The van der Waals surface area contributed by atoms with Crippen molar-refractivity contribution >= 4 is 5.91 Å². The van der Waals surface area contributed by atoms with Crippen molar-refractivity contribution in [1.82, 2.24) is 5.32 Å². The normalized spacial score (nSPS) is 12.5. The Hall–Kier alpha value is -1.35. The van der Waals surface area contributed by atoms with Gasteiger partial charge in [0.25, 0.3) is 0 Å². The number of benzene rings is 1. The fourth-order valence-electron chi connectivity index (χ4n) is 1.91. The Morgan fingerprint density at radius 1 is 1.26 bits per heavy atom. The molecule has 1 unspecified atom stereocenters. The van der Waals surface area contributed by atoms with Crippen molar-refractivity contribution in [3.63, 3.8) is 0 Å². The second kappa shape index (κ2) is 7.95. The van der Waals surface area contributed by atoms with E-state index in [0.29, 0.717) is 12.3 Å². The lowest BCUT2D eigenvalue weighted by molar-refractivity contribution is -0.122. The Labute approximate surface area is 116 Å². The molecule has 0 saturated heterocycles. The molecule has 1 aromatic rings. The predicted octanol–water partition coefficient (Wildman–Crippen LogP) is 2.83. The highest BCUT2D eigenvalue weighted by molar-refractivity contribution is 5.76. The summed E-state index contributed by atoms with van der Waals surface area (Å²) in [5, 5.41) is 12.3. The molecular weight excluding hydrogens is 238 g/mol. The summed E-state index contributed by atoms with van der Waals surface area (Å²) in [4.78, 5) is 11.8. The van der Waals surface area contributed by atoms with E-state index in [1.165, 1.54) is 5.56 Å². The van der Waals surface area contributed by atoms with Crippen LogP contribution in [0.25, 0.3) is 0 Å². The number of aryl methyl sites for hydroxylation is 1. The van der Waals surface area contributed by atoms with Gasteiger partial charge < -0.3 is 10.4 Å². The SMILES string of the molecule is CCc1ccc(C(CO)NC(=O)CCC(C)C)cc1. The first-order valence-electron chi connectivity index (χ1n) is 7.05. The Kier molecular flexibility index (Phi) is 6.57. The van der Waals surface area contributed by atoms with E-state index in [9.17, 15) is 9.90 Å². The summed E-state index contributed by atoms with van der Waals surface area (Å²) in [6.45, 7) is 6.23. The first kappa shape index (κ1) is 15.7. The average molecular weight is 263 g/mol. The van der Waals surface area contributed by atoms with Crippen LogP contribution in [-0.2, 0) is 11.2 Å². The molecule has 0 spiro atoms. The van der Waals surface area contributed by atoms with Crippen LogP contribution in [-0.4, -0.2) is 17.6 Å². The number of nitrogens with one attached hydrogen (secondary N) is 1. The molecule has 0 aromatic heterocycles. The largest absolute Gasteiger partial charge is 0.394 e. The Morgan fingerprint density at radius 3 is 2.37 bits per heavy atom. The van der Waals surface area contributed by atoms with E-state index < -0.39 is 0 Å². The maximum Gasteiger partial charge on any atom is 0.220 e. The van der Waals surface area contributed by atoms with Gasteiger partial charge in [-0.05, 0) is 29.9 Å². The van der Waals surface area contributed by atoms with Crippen LogP contribution >= 0.6 is 0 Å². The molecule has 2 N–H and O–H groups in total. The highest BCUT2D eigenvalue weighted by atomic mass is 16.3. The van der Waals surface area contributed by atoms with E-state index >= 15 is 0 Å². The standard InChI is InChI=1S/C16H25NO2/c1-4-13-6-8-14(9-7-13)15(11-18)17-16(19)10-5-12(2)3/h6-9,12,15,18H,4-5,10-11H2,1-3H3,(H,17,19). The summed E-state index contributed by atoms with van der Waals surface area (Å²) in [7, 11) is 0. The summed E-state index contributed by atoms with van der Waals surface area (Å²) in [6.07, 6.45) is 2.38. The number of carbonyl (C=O) groups is 1. The van der Waals surface area contributed by atoms with Crippen LogP contribution in [0.3, 0.4) is 0 Å². The van der Waals surface area contributed by atoms with Gasteiger partial charge in [0.1, 0.15) is 0 Å². The van der Waals surface area contributed by atoms with Crippen LogP contribution in [0.2, 0.25) is 0 Å². The molecule has 106 valence electrons. The van der Waals surface area contributed by atoms with Crippen molar-refractivity contribution in [3.8, 4) is 0 Å². The molecule has 0 aliphatic heterocycles. The molecule has 0 bridgehead atoms. The monoisotopic (exact) mass is 263 g/mol. The fourth-order valence-corrected chi connectivity index (χ4v) is 1.91. The average Bonchev–Trinajstić information content (AvgIpc) is 2.42. The predicted molar refractivity (Wildman–Crippen MR) is 77.9 cm³/mol. The number of carbonyl (C=O) groups excluding carboxylic acids is 1. The molecule has 0 fully saturated rings. The zero-order valence-electron chi connectivity index (χ0n) is 12.1. The Balaban J connectivity index is 2.59. The molecule has 1 rings (SSSR count). The summed E-state index contributed by atoms with van der Waals surface area (Å²) >= 11 is 0. The maximum atomic E-state index is 11.8. The van der Waals surface area contributed by atoms with Gasteiger partial charge in [0, 0.05) is 6.42 Å². The number of amides is 1. The van der Waals surface area contributed by atoms with Crippen LogP contribution in [0.5, 0.6) is 0 Å². The van der Waals surface area contributed by atoms with Crippen molar-refractivity contribution in [2.75, 3.05) is 6.61 Å². The van der Waals surface area contributed by atoms with Crippen molar-refractivity contribution in [2.24, 2.45) is 5.92 Å². The Morgan fingerprint density at radius 2 is 1.89 bits per heavy atom. The molecule has 1 amide bonds. The molecule has 3 heteroatoms. The lowest BCUT2D eigenvalue weighted by Gasteiger charge is -2.17. The van der Waals surface area contributed by atoms with Gasteiger partial charge in [0.15, 0.2) is 0 Å². The molecule has 0 aliphatic rings. The summed E-state index contributed by atoms with van der Waals surface area (Å²) in [6, 6.07) is 7.73. The maximum absolute atomic E-state index is 11.8. The summed E-state index contributed by atoms with van der Waals surface area (Å²) in [5.41, 5.74) is 2.21. The van der Waals surface area contributed by atoms with Crippen molar-refractivity contribution < 1.29 is 9.90 Å². The second-order valence-corrected chi connectivity index (χ2v) is 5.33. The first-order chi connectivity index (χ1) is 9.06. The quantitative estimate of drug-likeness (QED) is 0.794. The molecule has 0 aliphatic carbocycles. The summed E-state index contributed by atoms with van der Waals surface area (Å²) in [5.74, 6) is 0.523. The third-order valence-corrected chi connectivity index (χ3v) is 3.26. The van der Waals surface area contributed by atoms with Crippen LogP contribution in [0.15, 0.2) is 24.3 Å². The third-order valence-electron chi connectivity index (χ3n) is 3.26. The first-order valence-corrected chi connectivity index (χ1v) is 7.05. The van der Waals surface area contributed by atoms with E-state index in [4.69, 9.17) is 0 Å². The molecular formula is C16H25NO2. The smallest absolute Gasteiger partial charge is 0.220 e. The molecule has 0 saturated carbocycles. The third kappa shape index (κ3) is 5.43. The molecule has 3 nitrogen and oxygen atoms in total. The van der Waals surface area contributed by atoms with Gasteiger partial charge in [-0.3, -0.25) is 4.79 Å². The second-order valence-electron chi connectivity index (χ2n) is 5.33. The van der Waals surface area contributed by atoms with Gasteiger partial charge >= 0.3 is 0 Å². The molecule has 19 heavy (non-hydrogen) atoms. The van der Waals surface area contributed by atoms with Crippen LogP contribution in [0, 0.1) is 5.92 Å². The fraction of sp³-hybridized carbons (Fsp3) is 0.562. The van der Waals surface area contributed by atoms with E-state index in [-0.39, 0.29) is 18.6 Å². The summed E-state index contributed by atoms with van der Waals surface area (Å²) < 4.78 is 0. The lowest BCUT2D eigenvalue weighted by atomic mass is 10.0. The zero-order chi connectivity index (χ0) is 14.3. The van der Waals surface area contributed by atoms with Gasteiger partial charge in [-0.1, -0.05) is 45.0 Å². The lowest BCUT2D eigenvalue weighted by Crippen LogP contribution is -2.30. The van der Waals surface area contributed by atoms with Gasteiger partial charge in [0.2, 0.25) is 5.91 Å². The number of rotatable bonds is 7. The highest BCUT2D eigenvalue weighted by Crippen LogP contribution is 2.14. The van der Waals surface area contributed by atoms with E-state index in [1.54, 1.807) is 0 Å². The topological polar surface area (TPSA) is 49.3 Å². The van der Waals surface area contributed by atoms with Crippen molar-refractivity contribution in [2.45, 2.75) is 46.1 Å². The number of hydrogen-bond acceptors (Lipinski definition) is 2. The minimum absolute atomic E-state index is 0.00678. The zero-order valence-corrected chi connectivity index (χ0v) is 12.1. The molecule has 0 radical (unpaired) electrons. The minimum atomic E-state index is -0.300. The van der Waals surface area contributed by atoms with E-state index in [0.717, 1.165) is 18.4 Å². The molecule has 0 heterocycles. The molecule has 1 atom stereocenters. The minimum Gasteiger partial charge on any atom is -0.394 e. The van der Waals surface area contributed by atoms with Gasteiger partial charge in [-0.15, -0.1) is 0 Å². The van der Waals surface area contributed by atoms with Crippen molar-refractivity contribution in [1.29, 1.82) is 0 Å². The van der Waals surface area contributed by atoms with Gasteiger partial charge in [-0.25, -0.2) is 0 Å². The van der Waals surface area contributed by atoms with Gasteiger partial charge in [0.05, 0.1) is 12.6 Å². The van der Waals surface area contributed by atoms with Crippen LogP contribution in [0.1, 0.15) is 50.8 Å². The van der Waals surface area contributed by atoms with E-state index in [1.807, 2.05) is 24.3 Å². The van der Waals surface area contributed by atoms with Crippen molar-refractivity contribution in [3.05, 3.63) is 35.4 Å². The number of aliphatic hydroxyl groups excluding tert-OH is 1. The van der Waals surface area contributed by atoms with E-state index in [2.05, 4.69) is 26.1 Å². The Bertz CT molecular complexity index is 384. The van der Waals surface area contributed by atoms with Gasteiger partial charge in [-0.2, -0.15) is 0 Å². The van der Waals surface area contributed by atoms with Crippen LogP contribution in [0.4, 0.5) is 0 Å². The molecule has 1 aromatic carbocycles. The highest BCUT2D eigenvalue weighted by Gasteiger charge is 2.13. The number of hydrogen-bond donors (Lipinski definition) is 2.